The van der Waals surface area contributed by atoms with Crippen molar-refractivity contribution in [3.8, 4) is 0 Å². The molecule has 0 aliphatic carbocycles. The Hall–Kier alpha value is -2.62. The van der Waals surface area contributed by atoms with Crippen LogP contribution in [0.5, 0.6) is 0 Å². The molecule has 10 heteroatoms. The van der Waals surface area contributed by atoms with Crippen molar-refractivity contribution in [3.05, 3.63) is 58.6 Å². The summed E-state index contributed by atoms with van der Waals surface area (Å²) in [4.78, 5) is 21.4. The molecule has 2 aromatic carbocycles. The van der Waals surface area contributed by atoms with Crippen LogP contribution in [0, 0.1) is 6.92 Å². The van der Waals surface area contributed by atoms with Crippen molar-refractivity contribution in [2.75, 3.05) is 25.0 Å². The predicted octanol–water partition coefficient (Wildman–Crippen LogP) is 5.39. The maximum absolute atomic E-state index is 12.5. The SMILES string of the molecule is Cc1cc(NC(=O)c2ccc(Cl)cc2)ccc1[N+]1(C2CCNC2)CCCC1C.O=C(O)C(F)(F)F. The number of nitrogens with one attached hydrogen (secondary N) is 2. The highest BCUT2D eigenvalue weighted by molar-refractivity contribution is 6.30. The van der Waals surface area contributed by atoms with E-state index in [2.05, 4.69) is 42.7 Å². The van der Waals surface area contributed by atoms with Crippen LogP contribution in [0.1, 0.15) is 42.1 Å². The molecule has 0 bridgehead atoms. The van der Waals surface area contributed by atoms with Gasteiger partial charge >= 0.3 is 12.1 Å². The maximum Gasteiger partial charge on any atom is 0.490 e. The number of amides is 1. The average Bonchev–Trinajstić information content (AvgIpc) is 3.45. The average molecular weight is 513 g/mol. The van der Waals surface area contributed by atoms with Gasteiger partial charge in [-0.1, -0.05) is 11.6 Å². The minimum atomic E-state index is -5.08. The lowest BCUT2D eigenvalue weighted by atomic mass is 10.0. The molecule has 190 valence electrons. The number of quaternary nitrogens is 1. The second-order valence-corrected chi connectivity index (χ2v) is 9.49. The fraction of sp³-hybridized carbons (Fsp3) is 0.440. The third-order valence-corrected chi connectivity index (χ3v) is 7.13. The molecule has 0 saturated carbocycles. The Labute approximate surface area is 207 Å². The lowest BCUT2D eigenvalue weighted by Gasteiger charge is -2.44. The van der Waals surface area contributed by atoms with Gasteiger partial charge in [-0.25, -0.2) is 4.79 Å². The van der Waals surface area contributed by atoms with E-state index in [0.717, 1.165) is 23.3 Å². The summed E-state index contributed by atoms with van der Waals surface area (Å²) in [6, 6.07) is 14.7. The molecule has 2 aliphatic heterocycles. The van der Waals surface area contributed by atoms with Gasteiger partial charge in [0.2, 0.25) is 0 Å². The zero-order valence-electron chi connectivity index (χ0n) is 19.7. The third kappa shape index (κ3) is 6.15. The number of hydrogen-bond donors (Lipinski definition) is 3. The number of hydrogen-bond acceptors (Lipinski definition) is 3. The Bertz CT molecular complexity index is 1060. The van der Waals surface area contributed by atoms with E-state index in [0.29, 0.717) is 22.7 Å². The fourth-order valence-corrected chi connectivity index (χ4v) is 5.36. The van der Waals surface area contributed by atoms with E-state index >= 15 is 0 Å². The van der Waals surface area contributed by atoms with Crippen LogP contribution in [-0.4, -0.2) is 54.9 Å². The van der Waals surface area contributed by atoms with Gasteiger partial charge in [-0.2, -0.15) is 13.2 Å². The molecule has 0 spiro atoms. The molecule has 4 rings (SSSR count). The van der Waals surface area contributed by atoms with Crippen LogP contribution in [0.15, 0.2) is 42.5 Å². The smallest absolute Gasteiger partial charge is 0.475 e. The zero-order valence-corrected chi connectivity index (χ0v) is 20.4. The van der Waals surface area contributed by atoms with Crippen molar-refractivity contribution >= 4 is 34.9 Å². The standard InChI is InChI=1S/C23H28ClN3O.C2HF3O2/c1-16-14-20(26-23(28)18-5-7-19(24)8-6-18)9-10-22(16)27(13-3-4-17(27)2)21-11-12-25-15-21;3-2(4,5)1(6)7/h5-10,14,17,21,25H,3-4,11-13,15H2,1-2H3;(H,6,7)/p+1. The van der Waals surface area contributed by atoms with Crippen molar-refractivity contribution < 1.29 is 27.9 Å². The number of alkyl halides is 3. The zero-order chi connectivity index (χ0) is 25.8. The van der Waals surface area contributed by atoms with Crippen molar-refractivity contribution in [1.29, 1.82) is 0 Å². The molecule has 1 amide bonds. The van der Waals surface area contributed by atoms with Crippen LogP contribution in [0.25, 0.3) is 0 Å². The maximum atomic E-state index is 12.5. The number of carboxylic acid groups (broad SMARTS) is 1. The lowest BCUT2D eigenvalue weighted by molar-refractivity contribution is -0.192. The Morgan fingerprint density at radius 3 is 2.29 bits per heavy atom. The summed E-state index contributed by atoms with van der Waals surface area (Å²) >= 11 is 5.92. The van der Waals surface area contributed by atoms with Gasteiger partial charge in [0.1, 0.15) is 11.7 Å². The predicted molar refractivity (Wildman–Crippen MR) is 131 cm³/mol. The number of carboxylic acids is 1. The van der Waals surface area contributed by atoms with Crippen LogP contribution in [0.3, 0.4) is 0 Å². The molecule has 0 radical (unpaired) electrons. The van der Waals surface area contributed by atoms with Crippen LogP contribution in [-0.2, 0) is 4.79 Å². The van der Waals surface area contributed by atoms with Gasteiger partial charge in [-0.3, -0.25) is 9.28 Å². The molecule has 2 fully saturated rings. The monoisotopic (exact) mass is 512 g/mol. The van der Waals surface area contributed by atoms with Gasteiger partial charge in [0, 0.05) is 60.3 Å². The molecular weight excluding hydrogens is 483 g/mol. The number of benzene rings is 2. The Morgan fingerprint density at radius 2 is 1.80 bits per heavy atom. The lowest BCUT2D eigenvalue weighted by Crippen LogP contribution is -2.60. The van der Waals surface area contributed by atoms with E-state index in [9.17, 15) is 18.0 Å². The normalized spacial score (nSPS) is 23.9. The van der Waals surface area contributed by atoms with Crippen LogP contribution in [0.4, 0.5) is 24.5 Å². The molecule has 2 aliphatic rings. The van der Waals surface area contributed by atoms with E-state index in [1.54, 1.807) is 24.3 Å². The van der Waals surface area contributed by atoms with Crippen molar-refractivity contribution in [1.82, 2.24) is 9.80 Å². The van der Waals surface area contributed by atoms with Gasteiger partial charge < -0.3 is 15.7 Å². The first-order chi connectivity index (χ1) is 16.4. The second kappa shape index (κ2) is 11.0. The molecule has 3 N–H and O–H groups in total. The number of likely N-dealkylation sites (tertiary alicyclic amines) is 1. The minimum Gasteiger partial charge on any atom is -0.475 e. The summed E-state index contributed by atoms with van der Waals surface area (Å²) in [6.45, 7) is 8.01. The van der Waals surface area contributed by atoms with E-state index < -0.39 is 12.1 Å². The summed E-state index contributed by atoms with van der Waals surface area (Å²) in [5.74, 6) is -2.87. The first kappa shape index (κ1) is 27.0. The second-order valence-electron chi connectivity index (χ2n) is 9.06. The van der Waals surface area contributed by atoms with E-state index in [1.165, 1.54) is 37.1 Å². The minimum absolute atomic E-state index is 0.109. The quantitative estimate of drug-likeness (QED) is 0.480. The van der Waals surface area contributed by atoms with Gasteiger partial charge in [-0.15, -0.1) is 0 Å². The molecule has 2 heterocycles. The molecule has 6 nitrogen and oxygen atoms in total. The number of aliphatic carboxylic acids is 1. The van der Waals surface area contributed by atoms with E-state index in [-0.39, 0.29) is 5.91 Å². The topological polar surface area (TPSA) is 78.4 Å². The highest BCUT2D eigenvalue weighted by Gasteiger charge is 2.48. The first-order valence-corrected chi connectivity index (χ1v) is 11.9. The summed E-state index contributed by atoms with van der Waals surface area (Å²) in [5.41, 5.74) is 4.13. The number of carbonyl (C=O) groups is 2. The highest BCUT2D eigenvalue weighted by Crippen LogP contribution is 2.41. The Balaban J connectivity index is 0.000000429. The van der Waals surface area contributed by atoms with Crippen molar-refractivity contribution in [3.63, 3.8) is 0 Å². The molecule has 3 atom stereocenters. The molecular formula is C25H30ClF3N3O3+. The molecule has 2 saturated heterocycles. The summed E-state index contributed by atoms with van der Waals surface area (Å²) in [6.07, 6.45) is -1.28. The van der Waals surface area contributed by atoms with Gasteiger partial charge in [0.05, 0.1) is 12.6 Å². The number of aryl methyl sites for hydroxylation is 1. The largest absolute Gasteiger partial charge is 0.490 e. The summed E-state index contributed by atoms with van der Waals surface area (Å²) in [5, 5.41) is 14.3. The summed E-state index contributed by atoms with van der Waals surface area (Å²) < 4.78 is 32.8. The van der Waals surface area contributed by atoms with Gasteiger partial charge in [-0.05, 0) is 50.2 Å². The summed E-state index contributed by atoms with van der Waals surface area (Å²) in [7, 11) is 0. The van der Waals surface area contributed by atoms with E-state index in [1.807, 2.05) is 0 Å². The number of halogens is 4. The number of nitrogens with zero attached hydrogens (tertiary/aromatic N) is 1. The van der Waals surface area contributed by atoms with Crippen LogP contribution in [0.2, 0.25) is 5.02 Å². The fourth-order valence-electron chi connectivity index (χ4n) is 5.23. The molecule has 2 aromatic rings. The number of anilines is 1. The number of carbonyl (C=O) groups excluding carboxylic acids is 1. The van der Waals surface area contributed by atoms with Crippen LogP contribution < -0.4 is 15.1 Å². The highest BCUT2D eigenvalue weighted by atomic mass is 35.5. The number of rotatable bonds is 4. The Morgan fingerprint density at radius 1 is 1.14 bits per heavy atom. The van der Waals surface area contributed by atoms with Gasteiger partial charge in [0.25, 0.3) is 5.91 Å². The van der Waals surface area contributed by atoms with Gasteiger partial charge in [0.15, 0.2) is 0 Å². The van der Waals surface area contributed by atoms with E-state index in [4.69, 9.17) is 21.5 Å². The first-order valence-electron chi connectivity index (χ1n) is 11.5. The van der Waals surface area contributed by atoms with Crippen molar-refractivity contribution in [2.24, 2.45) is 0 Å². The molecule has 0 aromatic heterocycles. The van der Waals surface area contributed by atoms with Crippen LogP contribution >= 0.6 is 11.6 Å². The third-order valence-electron chi connectivity index (χ3n) is 6.87. The molecule has 35 heavy (non-hydrogen) atoms. The Kier molecular flexibility index (Phi) is 8.46. The van der Waals surface area contributed by atoms with Crippen molar-refractivity contribution in [2.45, 2.75) is 51.4 Å². The molecule has 3 unspecified atom stereocenters.